The van der Waals surface area contributed by atoms with Crippen LogP contribution in [0, 0.1) is 0 Å². The number of rotatable bonds is 1. The van der Waals surface area contributed by atoms with Crippen molar-refractivity contribution < 1.29 is 4.74 Å². The van der Waals surface area contributed by atoms with Gasteiger partial charge in [-0.2, -0.15) is 0 Å². The molecule has 0 bridgehead atoms. The van der Waals surface area contributed by atoms with E-state index in [0.717, 1.165) is 6.42 Å². The van der Waals surface area contributed by atoms with Gasteiger partial charge in [-0.1, -0.05) is 62.2 Å². The summed E-state index contributed by atoms with van der Waals surface area (Å²) < 4.78 is 5.73. The fourth-order valence-corrected chi connectivity index (χ4v) is 2.43. The molecule has 1 nitrogen and oxygen atoms in total. The summed E-state index contributed by atoms with van der Waals surface area (Å²) in [5, 5.41) is 0.137. The quantitative estimate of drug-likeness (QED) is 0.720. The van der Waals surface area contributed by atoms with Gasteiger partial charge in [0.1, 0.15) is 5.01 Å². The lowest BCUT2D eigenvalue weighted by Crippen LogP contribution is -2.04. The number of hydrogen-bond acceptors (Lipinski definition) is 1. The fraction of sp³-hybridized carbons (Fsp3) is 0.400. The van der Waals surface area contributed by atoms with Gasteiger partial charge in [-0.15, -0.1) is 0 Å². The molecule has 1 aromatic rings. The maximum absolute atomic E-state index is 5.73. The van der Waals surface area contributed by atoms with E-state index in [4.69, 9.17) is 4.74 Å². The first kappa shape index (κ1) is 9.69. The Bertz CT molecular complexity index is 266. The summed E-state index contributed by atoms with van der Waals surface area (Å²) in [6, 6.07) is 10.3. The first-order valence-electron chi connectivity index (χ1n) is 4.26. The lowest BCUT2D eigenvalue weighted by atomic mass is 10.1. The smallest absolute Gasteiger partial charge is 0.125 e. The Labute approximate surface area is 94.7 Å². The van der Waals surface area contributed by atoms with Gasteiger partial charge in [0.25, 0.3) is 0 Å². The molecule has 0 aliphatic carbocycles. The summed E-state index contributed by atoms with van der Waals surface area (Å²) in [6.07, 6.45) is 1.26. The van der Waals surface area contributed by atoms with E-state index in [-0.39, 0.29) is 11.1 Å². The normalized spacial score (nSPS) is 33.5. The number of benzene rings is 1. The van der Waals surface area contributed by atoms with Gasteiger partial charge in [0.2, 0.25) is 0 Å². The molecule has 0 spiro atoms. The minimum atomic E-state index is 0.137. The van der Waals surface area contributed by atoms with Gasteiger partial charge in [0, 0.05) is 0 Å². The molecule has 1 aliphatic rings. The van der Waals surface area contributed by atoms with Crippen LogP contribution >= 0.6 is 31.9 Å². The highest BCUT2D eigenvalue weighted by Gasteiger charge is 2.32. The van der Waals surface area contributed by atoms with E-state index in [9.17, 15) is 0 Å². The Morgan fingerprint density at radius 1 is 1.15 bits per heavy atom. The minimum Gasteiger partial charge on any atom is -0.358 e. The zero-order valence-electron chi connectivity index (χ0n) is 6.99. The highest BCUT2D eigenvalue weighted by atomic mass is 79.9. The van der Waals surface area contributed by atoms with Crippen LogP contribution < -0.4 is 0 Å². The van der Waals surface area contributed by atoms with E-state index in [1.165, 1.54) is 5.56 Å². The monoisotopic (exact) mass is 304 g/mol. The lowest BCUT2D eigenvalue weighted by molar-refractivity contribution is 0.0970. The first-order chi connectivity index (χ1) is 6.27. The minimum absolute atomic E-state index is 0.137. The average Bonchev–Trinajstić information content (AvgIpc) is 2.49. The molecule has 1 heterocycles. The van der Waals surface area contributed by atoms with Crippen LogP contribution in [0.25, 0.3) is 0 Å². The van der Waals surface area contributed by atoms with Crippen LogP contribution in [0.2, 0.25) is 0 Å². The molecule has 0 amide bonds. The molecule has 1 aliphatic heterocycles. The third kappa shape index (κ3) is 2.14. The predicted molar refractivity (Wildman–Crippen MR) is 60.3 cm³/mol. The maximum Gasteiger partial charge on any atom is 0.125 e. The second-order valence-corrected chi connectivity index (χ2v) is 5.22. The average molecular weight is 306 g/mol. The molecule has 2 rings (SSSR count). The number of alkyl halides is 2. The Hall–Kier alpha value is 0.140. The molecule has 3 heteroatoms. The van der Waals surface area contributed by atoms with Crippen LogP contribution in [-0.4, -0.2) is 9.84 Å². The third-order valence-corrected chi connectivity index (χ3v) is 4.61. The summed E-state index contributed by atoms with van der Waals surface area (Å²) in [5.41, 5.74) is 1.26. The molecule has 3 atom stereocenters. The Morgan fingerprint density at radius 3 is 2.38 bits per heavy atom. The van der Waals surface area contributed by atoms with Gasteiger partial charge in [0.05, 0.1) is 10.9 Å². The van der Waals surface area contributed by atoms with Crippen LogP contribution in [0.15, 0.2) is 30.3 Å². The largest absolute Gasteiger partial charge is 0.358 e. The summed E-state index contributed by atoms with van der Waals surface area (Å²) in [5.74, 6) is 0. The van der Waals surface area contributed by atoms with Gasteiger partial charge >= 0.3 is 0 Å². The van der Waals surface area contributed by atoms with Crippen LogP contribution in [0.3, 0.4) is 0 Å². The highest BCUT2D eigenvalue weighted by molar-refractivity contribution is 9.12. The van der Waals surface area contributed by atoms with Gasteiger partial charge in [-0.25, -0.2) is 0 Å². The molecule has 1 aromatic carbocycles. The number of halogens is 2. The molecule has 1 fully saturated rings. The molecule has 1 saturated heterocycles. The van der Waals surface area contributed by atoms with E-state index < -0.39 is 0 Å². The van der Waals surface area contributed by atoms with E-state index >= 15 is 0 Å². The van der Waals surface area contributed by atoms with Crippen molar-refractivity contribution in [2.75, 3.05) is 0 Å². The third-order valence-electron chi connectivity index (χ3n) is 2.19. The Kier molecular flexibility index (Phi) is 3.06. The first-order valence-corrected chi connectivity index (χ1v) is 6.09. The van der Waals surface area contributed by atoms with Crippen LogP contribution in [0.4, 0.5) is 0 Å². The molecule has 0 saturated carbocycles. The van der Waals surface area contributed by atoms with Crippen LogP contribution in [-0.2, 0) is 4.74 Å². The number of hydrogen-bond donors (Lipinski definition) is 0. The second kappa shape index (κ2) is 4.11. The Morgan fingerprint density at radius 2 is 1.85 bits per heavy atom. The molecule has 13 heavy (non-hydrogen) atoms. The topological polar surface area (TPSA) is 9.23 Å². The zero-order valence-corrected chi connectivity index (χ0v) is 10.2. The molecular formula is C10H10Br2O. The van der Waals surface area contributed by atoms with Crippen molar-refractivity contribution in [2.45, 2.75) is 22.4 Å². The van der Waals surface area contributed by atoms with Crippen molar-refractivity contribution >= 4 is 31.9 Å². The lowest BCUT2D eigenvalue weighted by Gasteiger charge is -2.09. The van der Waals surface area contributed by atoms with Gasteiger partial charge < -0.3 is 4.74 Å². The maximum atomic E-state index is 5.73. The van der Waals surface area contributed by atoms with Gasteiger partial charge in [-0.05, 0) is 12.0 Å². The van der Waals surface area contributed by atoms with Gasteiger partial charge in [0.15, 0.2) is 0 Å². The Balaban J connectivity index is 2.12. The fourth-order valence-electron chi connectivity index (χ4n) is 1.49. The predicted octanol–water partition coefficient (Wildman–Crippen LogP) is 3.63. The summed E-state index contributed by atoms with van der Waals surface area (Å²) in [6.45, 7) is 0. The molecular weight excluding hydrogens is 296 g/mol. The highest BCUT2D eigenvalue weighted by Crippen LogP contribution is 2.38. The van der Waals surface area contributed by atoms with E-state index in [1.54, 1.807) is 0 Å². The number of ether oxygens (including phenoxy) is 1. The summed E-state index contributed by atoms with van der Waals surface area (Å²) in [7, 11) is 0. The molecule has 0 N–H and O–H groups in total. The SMILES string of the molecule is Br[C@@H]1O[C@@H](c2ccccc2)C[C@@H]1Br. The van der Waals surface area contributed by atoms with Crippen LogP contribution in [0.5, 0.6) is 0 Å². The van der Waals surface area contributed by atoms with Crippen molar-refractivity contribution in [1.82, 2.24) is 0 Å². The summed E-state index contributed by atoms with van der Waals surface area (Å²) in [4.78, 5) is 0.415. The van der Waals surface area contributed by atoms with Crippen molar-refractivity contribution in [1.29, 1.82) is 0 Å². The summed E-state index contributed by atoms with van der Waals surface area (Å²) >= 11 is 7.04. The van der Waals surface area contributed by atoms with E-state index in [0.29, 0.717) is 4.83 Å². The molecule has 0 radical (unpaired) electrons. The molecule has 0 unspecified atom stereocenters. The molecule has 70 valence electrons. The van der Waals surface area contributed by atoms with Crippen molar-refractivity contribution in [3.05, 3.63) is 35.9 Å². The second-order valence-electron chi connectivity index (χ2n) is 3.14. The van der Waals surface area contributed by atoms with E-state index in [1.807, 2.05) is 18.2 Å². The standard InChI is InChI=1S/C10H10Br2O/c11-8-6-9(13-10(8)12)7-4-2-1-3-5-7/h1-5,8-10H,6H2/t8-,9+,10+/m0/s1. The van der Waals surface area contributed by atoms with Crippen molar-refractivity contribution in [3.8, 4) is 0 Å². The van der Waals surface area contributed by atoms with Gasteiger partial charge in [-0.3, -0.25) is 0 Å². The van der Waals surface area contributed by atoms with Crippen molar-refractivity contribution in [3.63, 3.8) is 0 Å². The van der Waals surface area contributed by atoms with Crippen molar-refractivity contribution in [2.24, 2.45) is 0 Å². The molecule has 0 aromatic heterocycles. The van der Waals surface area contributed by atoms with Crippen LogP contribution in [0.1, 0.15) is 18.1 Å². The van der Waals surface area contributed by atoms with E-state index in [2.05, 4.69) is 44.0 Å². The zero-order chi connectivity index (χ0) is 9.26.